The van der Waals surface area contributed by atoms with Crippen LogP contribution in [0, 0.1) is 11.3 Å². The van der Waals surface area contributed by atoms with E-state index in [1.54, 1.807) is 14.2 Å². The van der Waals surface area contributed by atoms with Crippen LogP contribution in [0.25, 0.3) is 0 Å². The van der Waals surface area contributed by atoms with E-state index in [9.17, 15) is 19.6 Å². The summed E-state index contributed by atoms with van der Waals surface area (Å²) in [5.41, 5.74) is -0.237. The average Bonchev–Trinajstić information content (AvgIpc) is 3.53. The van der Waals surface area contributed by atoms with Crippen molar-refractivity contribution in [1.82, 2.24) is 24.9 Å². The number of aromatic amines is 1. The van der Waals surface area contributed by atoms with E-state index in [1.807, 2.05) is 107 Å². The van der Waals surface area contributed by atoms with Crippen LogP contribution in [0.1, 0.15) is 57.0 Å². The van der Waals surface area contributed by atoms with Crippen LogP contribution in [0.3, 0.4) is 0 Å². The fourth-order valence-corrected chi connectivity index (χ4v) is 8.71. The van der Waals surface area contributed by atoms with Gasteiger partial charge in [0.15, 0.2) is 6.23 Å². The predicted molar refractivity (Wildman–Crippen MR) is 215 cm³/mol. The third-order valence-corrected chi connectivity index (χ3v) is 11.6. The molecule has 2 amide bonds. The lowest BCUT2D eigenvalue weighted by molar-refractivity contribution is -0.0928. The smallest absolute Gasteiger partial charge is 0.330 e. The third-order valence-electron chi connectivity index (χ3n) is 9.50. The van der Waals surface area contributed by atoms with Crippen molar-refractivity contribution in [3.8, 4) is 17.6 Å². The van der Waals surface area contributed by atoms with Crippen LogP contribution in [0.4, 0.5) is 4.79 Å². The zero-order valence-electron chi connectivity index (χ0n) is 33.2. The van der Waals surface area contributed by atoms with Gasteiger partial charge in [0.2, 0.25) is 0 Å². The van der Waals surface area contributed by atoms with Crippen LogP contribution in [0.15, 0.2) is 101 Å². The number of ether oxygens (including phenoxy) is 4. The molecule has 15 nitrogen and oxygen atoms in total. The van der Waals surface area contributed by atoms with Crippen molar-refractivity contribution in [2.24, 2.45) is 0 Å². The topological polar surface area (TPSA) is 178 Å². The van der Waals surface area contributed by atoms with Gasteiger partial charge >= 0.3 is 11.7 Å². The molecule has 1 saturated heterocycles. The zero-order valence-corrected chi connectivity index (χ0v) is 34.1. The van der Waals surface area contributed by atoms with Gasteiger partial charge in [-0.15, -0.1) is 0 Å². The van der Waals surface area contributed by atoms with Crippen molar-refractivity contribution < 1.29 is 32.8 Å². The summed E-state index contributed by atoms with van der Waals surface area (Å²) in [6.45, 7) is 8.01. The Hall–Kier alpha value is -5.07. The lowest BCUT2D eigenvalue weighted by Gasteiger charge is -2.39. The number of nitriles is 1. The van der Waals surface area contributed by atoms with Gasteiger partial charge in [-0.3, -0.25) is 14.3 Å². The van der Waals surface area contributed by atoms with E-state index in [-0.39, 0.29) is 31.7 Å². The van der Waals surface area contributed by atoms with Crippen molar-refractivity contribution in [3.63, 3.8) is 0 Å². The zero-order chi connectivity index (χ0) is 41.1. The van der Waals surface area contributed by atoms with Gasteiger partial charge < -0.3 is 38.6 Å². The minimum atomic E-state index is -1.89. The van der Waals surface area contributed by atoms with Crippen LogP contribution >= 0.6 is 8.53 Å². The Morgan fingerprint density at radius 1 is 0.930 bits per heavy atom. The van der Waals surface area contributed by atoms with E-state index < -0.39 is 55.9 Å². The second-order valence-corrected chi connectivity index (χ2v) is 15.2. The molecule has 5 atom stereocenters. The third kappa shape index (κ3) is 9.91. The Morgan fingerprint density at radius 3 is 2.02 bits per heavy atom. The van der Waals surface area contributed by atoms with Gasteiger partial charge in [0.25, 0.3) is 14.1 Å². The number of H-pyrrole nitrogens is 1. The quantitative estimate of drug-likeness (QED) is 0.0665. The molecule has 3 N–H and O–H groups in total. The first-order chi connectivity index (χ1) is 27.5. The van der Waals surface area contributed by atoms with Crippen LogP contribution in [-0.2, 0) is 24.1 Å². The number of benzene rings is 3. The fraction of sp³-hybridized carbons (Fsp3) is 0.415. The molecule has 0 spiro atoms. The summed E-state index contributed by atoms with van der Waals surface area (Å²) >= 11 is 0. The molecule has 57 heavy (non-hydrogen) atoms. The maximum absolute atomic E-state index is 13.3. The molecular formula is C41H51N6O9P. The van der Waals surface area contributed by atoms with Crippen LogP contribution in [0.2, 0.25) is 0 Å². The summed E-state index contributed by atoms with van der Waals surface area (Å²) in [5, 5.41) is 14.9. The summed E-state index contributed by atoms with van der Waals surface area (Å²) in [5.74, 6) is 1.31. The van der Waals surface area contributed by atoms with Gasteiger partial charge in [-0.2, -0.15) is 5.26 Å². The first-order valence-electron chi connectivity index (χ1n) is 18.7. The maximum Gasteiger partial charge on any atom is 0.330 e. The SMILES string of the molecule is CNC(=O)N[C@@H]1[C@H](OP(OCCC#N)N(C(C)C)C(C)C)[C@@H](COC(c2ccccc2)(c2ccc(OC)cc2)c2ccc(OC)cc2)O[C@H]1n1ccc(=O)[nH]c1=O. The van der Waals surface area contributed by atoms with E-state index in [0.717, 1.165) is 16.7 Å². The van der Waals surface area contributed by atoms with Crippen molar-refractivity contribution in [3.05, 3.63) is 129 Å². The fourth-order valence-electron chi connectivity index (χ4n) is 6.93. The molecule has 0 aliphatic carbocycles. The van der Waals surface area contributed by atoms with Gasteiger partial charge in [-0.1, -0.05) is 54.6 Å². The van der Waals surface area contributed by atoms with Gasteiger partial charge in [0, 0.05) is 31.4 Å². The number of amides is 2. The Bertz CT molecular complexity index is 2000. The number of carbonyl (C=O) groups excluding carboxylic acids is 1. The molecule has 0 saturated carbocycles. The number of carbonyl (C=O) groups is 1. The van der Waals surface area contributed by atoms with Gasteiger partial charge in [-0.25, -0.2) is 14.3 Å². The molecule has 0 bridgehead atoms. The number of urea groups is 1. The van der Waals surface area contributed by atoms with E-state index >= 15 is 0 Å². The molecule has 1 aliphatic heterocycles. The largest absolute Gasteiger partial charge is 0.497 e. The van der Waals surface area contributed by atoms with Gasteiger partial charge in [0.05, 0.1) is 39.9 Å². The highest BCUT2D eigenvalue weighted by Gasteiger charge is 2.51. The molecule has 1 fully saturated rings. The van der Waals surface area contributed by atoms with Crippen molar-refractivity contribution >= 4 is 14.6 Å². The normalized spacial score (nSPS) is 18.7. The number of aromatic nitrogens is 2. The molecular weight excluding hydrogens is 751 g/mol. The lowest BCUT2D eigenvalue weighted by atomic mass is 9.80. The maximum atomic E-state index is 13.3. The molecule has 0 radical (unpaired) electrons. The van der Waals surface area contributed by atoms with Crippen molar-refractivity contribution in [1.29, 1.82) is 5.26 Å². The molecule has 5 rings (SSSR count). The lowest BCUT2D eigenvalue weighted by Crippen LogP contribution is -2.52. The van der Waals surface area contributed by atoms with Crippen LogP contribution in [0.5, 0.6) is 11.5 Å². The predicted octanol–water partition coefficient (Wildman–Crippen LogP) is 5.42. The minimum absolute atomic E-state index is 0.0472. The summed E-state index contributed by atoms with van der Waals surface area (Å²) in [7, 11) is 2.78. The highest BCUT2D eigenvalue weighted by molar-refractivity contribution is 7.44. The minimum Gasteiger partial charge on any atom is -0.497 e. The number of methoxy groups -OCH3 is 2. The Labute approximate surface area is 333 Å². The second kappa shape index (κ2) is 19.9. The molecule has 3 aromatic carbocycles. The molecule has 1 aromatic heterocycles. The molecule has 1 aliphatic rings. The Balaban J connectivity index is 1.69. The summed E-state index contributed by atoms with van der Waals surface area (Å²) in [4.78, 5) is 41.0. The molecule has 2 heterocycles. The number of rotatable bonds is 18. The molecule has 1 unspecified atom stereocenters. The van der Waals surface area contributed by atoms with E-state index in [1.165, 1.54) is 23.9 Å². The van der Waals surface area contributed by atoms with E-state index in [2.05, 4.69) is 26.4 Å². The number of nitrogens with one attached hydrogen (secondary N) is 3. The number of hydrogen-bond acceptors (Lipinski definition) is 11. The molecule has 4 aromatic rings. The monoisotopic (exact) mass is 802 g/mol. The van der Waals surface area contributed by atoms with E-state index in [0.29, 0.717) is 11.5 Å². The summed E-state index contributed by atoms with van der Waals surface area (Å²) < 4.78 is 41.6. The average molecular weight is 803 g/mol. The van der Waals surface area contributed by atoms with Gasteiger partial charge in [-0.05, 0) is 68.7 Å². The molecule has 16 heteroatoms. The second-order valence-electron chi connectivity index (χ2n) is 13.8. The van der Waals surface area contributed by atoms with Crippen molar-refractivity contribution in [2.45, 2.75) is 76.3 Å². The van der Waals surface area contributed by atoms with Crippen molar-refractivity contribution in [2.75, 3.05) is 34.5 Å². The first-order valence-corrected chi connectivity index (χ1v) is 19.8. The summed E-state index contributed by atoms with van der Waals surface area (Å²) in [6.07, 6.45) is -1.69. The highest BCUT2D eigenvalue weighted by Crippen LogP contribution is 2.51. The number of hydrogen-bond donors (Lipinski definition) is 3. The summed E-state index contributed by atoms with van der Waals surface area (Å²) in [6, 6.07) is 26.6. The highest BCUT2D eigenvalue weighted by atomic mass is 31.2. The van der Waals surface area contributed by atoms with Crippen LogP contribution in [-0.4, -0.2) is 85.1 Å². The number of nitrogens with zero attached hydrogens (tertiary/aromatic N) is 3. The Kier molecular flexibility index (Phi) is 15.0. The van der Waals surface area contributed by atoms with Crippen LogP contribution < -0.4 is 31.4 Å². The standard InChI is InChI=1S/C41H51N6O9P/c1-27(2)47(28(3)4)57(54-25-11-23-42)56-37-34(55-38(36(37)45-39(49)43-5)46-24-22-35(48)44-40(46)50)26-53-41(29-12-9-8-10-13-29,30-14-18-32(51-6)19-15-30)31-16-20-33(52-7)21-17-31/h8-10,12-22,24,27-28,34,36-38H,11,25-26H2,1-7H3,(H2,43,45,49)(H,44,48,50)/t34-,36-,37-,38-,57?/m1/s1. The van der Waals surface area contributed by atoms with Gasteiger partial charge in [0.1, 0.15) is 35.3 Å². The first kappa shape index (κ1) is 43.1. The Morgan fingerprint density at radius 2 is 1.51 bits per heavy atom. The molecule has 304 valence electrons. The van der Waals surface area contributed by atoms with E-state index in [4.69, 9.17) is 28.0 Å².